The molecule has 3 heteroatoms. The van der Waals surface area contributed by atoms with Crippen molar-refractivity contribution in [1.29, 1.82) is 0 Å². The summed E-state index contributed by atoms with van der Waals surface area (Å²) in [4.78, 5) is 0. The fraction of sp³-hybridized carbons (Fsp3) is 0.500. The van der Waals surface area contributed by atoms with E-state index in [0.29, 0.717) is 13.1 Å². The quantitative estimate of drug-likeness (QED) is 0.673. The van der Waals surface area contributed by atoms with E-state index < -0.39 is 0 Å². The van der Waals surface area contributed by atoms with Crippen molar-refractivity contribution in [2.75, 3.05) is 19.7 Å². The second kappa shape index (κ2) is 5.85. The zero-order chi connectivity index (χ0) is 11.3. The molecule has 0 radical (unpaired) electrons. The molecule has 84 valence electrons. The molecule has 0 aliphatic heterocycles. The number of benzene rings is 1. The van der Waals surface area contributed by atoms with Crippen LogP contribution in [0.1, 0.15) is 22.7 Å². The Bertz CT molecular complexity index is 312. The van der Waals surface area contributed by atoms with Crippen molar-refractivity contribution in [3.63, 3.8) is 0 Å². The Morgan fingerprint density at radius 3 is 2.73 bits per heavy atom. The van der Waals surface area contributed by atoms with Crippen molar-refractivity contribution in [2.45, 2.75) is 19.9 Å². The van der Waals surface area contributed by atoms with E-state index in [1.165, 1.54) is 16.7 Å². The third-order valence-corrected chi connectivity index (χ3v) is 2.55. The van der Waals surface area contributed by atoms with Gasteiger partial charge < -0.3 is 16.2 Å². The molecule has 15 heavy (non-hydrogen) atoms. The molecule has 0 heterocycles. The van der Waals surface area contributed by atoms with Gasteiger partial charge in [0.25, 0.3) is 0 Å². The summed E-state index contributed by atoms with van der Waals surface area (Å²) in [6.07, 6.45) is 0. The predicted molar refractivity (Wildman–Crippen MR) is 62.8 cm³/mol. The molecule has 1 aromatic rings. The maximum atomic E-state index is 8.78. The fourth-order valence-electron chi connectivity index (χ4n) is 1.69. The molecule has 0 saturated heterocycles. The van der Waals surface area contributed by atoms with Crippen LogP contribution in [0.15, 0.2) is 18.2 Å². The van der Waals surface area contributed by atoms with E-state index >= 15 is 0 Å². The largest absolute Gasteiger partial charge is 0.395 e. The van der Waals surface area contributed by atoms with Gasteiger partial charge in [0, 0.05) is 19.1 Å². The van der Waals surface area contributed by atoms with Gasteiger partial charge >= 0.3 is 0 Å². The van der Waals surface area contributed by atoms with Gasteiger partial charge in [-0.25, -0.2) is 0 Å². The summed E-state index contributed by atoms with van der Waals surface area (Å²) >= 11 is 0. The van der Waals surface area contributed by atoms with E-state index in [4.69, 9.17) is 10.8 Å². The van der Waals surface area contributed by atoms with E-state index in [1.807, 2.05) is 0 Å². The summed E-state index contributed by atoms with van der Waals surface area (Å²) < 4.78 is 0. The normalized spacial score (nSPS) is 12.8. The summed E-state index contributed by atoms with van der Waals surface area (Å²) in [5.41, 5.74) is 9.42. The molecular weight excluding hydrogens is 188 g/mol. The fourth-order valence-corrected chi connectivity index (χ4v) is 1.69. The molecule has 0 saturated carbocycles. The molecule has 0 aromatic heterocycles. The third-order valence-electron chi connectivity index (χ3n) is 2.55. The lowest BCUT2D eigenvalue weighted by atomic mass is 9.99. The van der Waals surface area contributed by atoms with Crippen LogP contribution in [-0.4, -0.2) is 24.8 Å². The molecule has 0 aliphatic carbocycles. The average Bonchev–Trinajstić information content (AvgIpc) is 2.24. The molecular formula is C12H20N2O. The Labute approximate surface area is 91.3 Å². The minimum atomic E-state index is 0.136. The summed E-state index contributed by atoms with van der Waals surface area (Å²) in [5.74, 6) is 0. The highest BCUT2D eigenvalue weighted by molar-refractivity contribution is 5.33. The second-order valence-corrected chi connectivity index (χ2v) is 3.83. The summed E-state index contributed by atoms with van der Waals surface area (Å²) in [6, 6.07) is 6.49. The predicted octanol–water partition coefficient (Wildman–Crippen LogP) is 0.885. The van der Waals surface area contributed by atoms with Crippen molar-refractivity contribution >= 4 is 0 Å². The molecule has 3 nitrogen and oxygen atoms in total. The van der Waals surface area contributed by atoms with Crippen molar-refractivity contribution < 1.29 is 5.11 Å². The van der Waals surface area contributed by atoms with Crippen LogP contribution in [-0.2, 0) is 0 Å². The number of aryl methyl sites for hydroxylation is 2. The third kappa shape index (κ3) is 3.30. The minimum absolute atomic E-state index is 0.136. The maximum Gasteiger partial charge on any atom is 0.0556 e. The van der Waals surface area contributed by atoms with Gasteiger partial charge in [0.05, 0.1) is 6.61 Å². The Hall–Kier alpha value is -0.900. The molecule has 1 atom stereocenters. The van der Waals surface area contributed by atoms with Gasteiger partial charge in [0.15, 0.2) is 0 Å². The second-order valence-electron chi connectivity index (χ2n) is 3.83. The highest BCUT2D eigenvalue weighted by Crippen LogP contribution is 2.18. The Morgan fingerprint density at radius 1 is 1.40 bits per heavy atom. The number of aliphatic hydroxyl groups is 1. The van der Waals surface area contributed by atoms with E-state index in [-0.39, 0.29) is 12.6 Å². The van der Waals surface area contributed by atoms with Crippen LogP contribution in [0.2, 0.25) is 0 Å². The van der Waals surface area contributed by atoms with Crippen LogP contribution < -0.4 is 11.1 Å². The van der Waals surface area contributed by atoms with Crippen LogP contribution >= 0.6 is 0 Å². The Balaban J connectivity index is 2.85. The summed E-state index contributed by atoms with van der Waals surface area (Å²) in [5, 5.41) is 12.0. The van der Waals surface area contributed by atoms with Gasteiger partial charge in [-0.3, -0.25) is 0 Å². The van der Waals surface area contributed by atoms with Crippen LogP contribution in [0.4, 0.5) is 0 Å². The number of nitrogens with one attached hydrogen (secondary N) is 1. The first kappa shape index (κ1) is 12.2. The zero-order valence-corrected chi connectivity index (χ0v) is 9.46. The van der Waals surface area contributed by atoms with Crippen molar-refractivity contribution in [1.82, 2.24) is 5.32 Å². The molecule has 1 rings (SSSR count). The first-order valence-corrected chi connectivity index (χ1v) is 5.30. The molecule has 0 amide bonds. The van der Waals surface area contributed by atoms with Gasteiger partial charge in [0.2, 0.25) is 0 Å². The number of rotatable bonds is 5. The Morgan fingerprint density at radius 2 is 2.13 bits per heavy atom. The SMILES string of the molecule is Cc1ccc(C)c(C(CN)NCCO)c1. The lowest BCUT2D eigenvalue weighted by molar-refractivity contribution is 0.285. The van der Waals surface area contributed by atoms with E-state index in [0.717, 1.165) is 0 Å². The zero-order valence-electron chi connectivity index (χ0n) is 9.46. The van der Waals surface area contributed by atoms with Gasteiger partial charge in [0.1, 0.15) is 0 Å². The van der Waals surface area contributed by atoms with Gasteiger partial charge in [-0.2, -0.15) is 0 Å². The molecule has 1 unspecified atom stereocenters. The van der Waals surface area contributed by atoms with Crippen molar-refractivity contribution in [3.8, 4) is 0 Å². The molecule has 0 fully saturated rings. The first-order valence-electron chi connectivity index (χ1n) is 5.30. The lowest BCUT2D eigenvalue weighted by Gasteiger charge is -2.19. The number of hydrogen-bond donors (Lipinski definition) is 3. The number of aliphatic hydroxyl groups excluding tert-OH is 1. The summed E-state index contributed by atoms with van der Waals surface area (Å²) in [6.45, 7) is 5.42. The van der Waals surface area contributed by atoms with Crippen molar-refractivity contribution in [2.24, 2.45) is 5.73 Å². The monoisotopic (exact) mass is 208 g/mol. The lowest BCUT2D eigenvalue weighted by Crippen LogP contribution is -2.30. The van der Waals surface area contributed by atoms with Gasteiger partial charge in [-0.15, -0.1) is 0 Å². The number of nitrogens with two attached hydrogens (primary N) is 1. The Kier molecular flexibility index (Phi) is 4.75. The molecule has 4 N–H and O–H groups in total. The first-order chi connectivity index (χ1) is 7.19. The highest BCUT2D eigenvalue weighted by atomic mass is 16.3. The molecule has 0 aliphatic rings. The molecule has 0 bridgehead atoms. The van der Waals surface area contributed by atoms with Gasteiger partial charge in [-0.1, -0.05) is 23.8 Å². The van der Waals surface area contributed by atoms with Gasteiger partial charge in [-0.05, 0) is 25.0 Å². The molecule has 0 spiro atoms. The van der Waals surface area contributed by atoms with Crippen LogP contribution in [0.5, 0.6) is 0 Å². The minimum Gasteiger partial charge on any atom is -0.395 e. The van der Waals surface area contributed by atoms with Crippen LogP contribution in [0.3, 0.4) is 0 Å². The molecule has 1 aromatic carbocycles. The van der Waals surface area contributed by atoms with Crippen molar-refractivity contribution in [3.05, 3.63) is 34.9 Å². The topological polar surface area (TPSA) is 58.3 Å². The van der Waals surface area contributed by atoms with Crippen LogP contribution in [0.25, 0.3) is 0 Å². The van der Waals surface area contributed by atoms with E-state index in [1.54, 1.807) is 0 Å². The summed E-state index contributed by atoms with van der Waals surface area (Å²) in [7, 11) is 0. The number of hydrogen-bond acceptors (Lipinski definition) is 3. The highest BCUT2D eigenvalue weighted by Gasteiger charge is 2.10. The van der Waals surface area contributed by atoms with Crippen LogP contribution in [0, 0.1) is 13.8 Å². The smallest absolute Gasteiger partial charge is 0.0556 e. The maximum absolute atomic E-state index is 8.78. The van der Waals surface area contributed by atoms with E-state index in [9.17, 15) is 0 Å². The average molecular weight is 208 g/mol. The van der Waals surface area contributed by atoms with E-state index in [2.05, 4.69) is 37.4 Å². The standard InChI is InChI=1S/C12H20N2O/c1-9-3-4-10(2)11(7-9)12(8-13)14-5-6-15/h3-4,7,12,14-15H,5-6,8,13H2,1-2H3.